The average Bonchev–Trinajstić information content (AvgIpc) is 3.03. The van der Waals surface area contributed by atoms with Gasteiger partial charge in [-0.15, -0.1) is 0 Å². The predicted octanol–water partition coefficient (Wildman–Crippen LogP) is -1.51. The number of nitrogens with one attached hydrogen (secondary N) is 2. The molecular formula is C13H20BN5O4. The highest BCUT2D eigenvalue weighted by Crippen LogP contribution is 2.19. The molecule has 0 saturated carbocycles. The number of likely N-dealkylation sites (tertiary alicyclic amines) is 1. The number of aromatic nitrogens is 1. The third-order valence-corrected chi connectivity index (χ3v) is 3.82. The predicted molar refractivity (Wildman–Crippen MR) is 83.9 cm³/mol. The van der Waals surface area contributed by atoms with Crippen LogP contribution >= 0.6 is 0 Å². The Bertz CT molecular complexity index is 568. The number of anilines is 1. The van der Waals surface area contributed by atoms with Crippen LogP contribution in [-0.4, -0.2) is 57.4 Å². The van der Waals surface area contributed by atoms with Gasteiger partial charge in [0.25, 0.3) is 5.91 Å². The van der Waals surface area contributed by atoms with Crippen LogP contribution in [0.5, 0.6) is 0 Å². The Kier molecular flexibility index (Phi) is 5.53. The number of nitrogens with two attached hydrogens (primary N) is 1. The molecule has 1 saturated heterocycles. The third kappa shape index (κ3) is 3.98. The highest BCUT2D eigenvalue weighted by atomic mass is 16.4. The number of hydrazine groups is 1. The summed E-state index contributed by atoms with van der Waals surface area (Å²) in [5.41, 5.74) is 2.65. The summed E-state index contributed by atoms with van der Waals surface area (Å²) < 4.78 is 0. The zero-order valence-electron chi connectivity index (χ0n) is 12.8. The number of rotatable bonds is 5. The van der Waals surface area contributed by atoms with Crippen molar-refractivity contribution >= 4 is 24.8 Å². The topological polar surface area (TPSA) is 141 Å². The van der Waals surface area contributed by atoms with Crippen LogP contribution < -0.4 is 16.6 Å². The van der Waals surface area contributed by atoms with E-state index in [9.17, 15) is 19.6 Å². The summed E-state index contributed by atoms with van der Waals surface area (Å²) in [6, 6.07) is 2.29. The fourth-order valence-corrected chi connectivity index (χ4v) is 2.58. The molecule has 2 heterocycles. The first kappa shape index (κ1) is 17.2. The number of carbonyl (C=O) groups is 2. The van der Waals surface area contributed by atoms with E-state index in [1.54, 1.807) is 13.0 Å². The van der Waals surface area contributed by atoms with Crippen molar-refractivity contribution in [3.8, 4) is 0 Å². The first-order valence-electron chi connectivity index (χ1n) is 7.34. The maximum absolute atomic E-state index is 12.4. The van der Waals surface area contributed by atoms with Gasteiger partial charge in [-0.1, -0.05) is 0 Å². The molecule has 1 aromatic heterocycles. The zero-order chi connectivity index (χ0) is 17.0. The monoisotopic (exact) mass is 321 g/mol. The van der Waals surface area contributed by atoms with E-state index < -0.39 is 25.0 Å². The molecule has 0 spiro atoms. The van der Waals surface area contributed by atoms with E-state index >= 15 is 0 Å². The van der Waals surface area contributed by atoms with Crippen LogP contribution in [0.1, 0.15) is 30.1 Å². The van der Waals surface area contributed by atoms with Crippen molar-refractivity contribution in [1.82, 2.24) is 15.2 Å². The molecule has 1 fully saturated rings. The third-order valence-electron chi connectivity index (χ3n) is 3.82. The molecule has 124 valence electrons. The van der Waals surface area contributed by atoms with Gasteiger partial charge in [0.15, 0.2) is 0 Å². The minimum absolute atomic E-state index is 0.295. The summed E-state index contributed by atoms with van der Waals surface area (Å²) in [6.07, 6.45) is 2.57. The van der Waals surface area contributed by atoms with Crippen LogP contribution in [0.3, 0.4) is 0 Å². The second kappa shape index (κ2) is 7.40. The molecule has 0 radical (unpaired) electrons. The smallest absolute Gasteiger partial charge is 0.426 e. The van der Waals surface area contributed by atoms with Gasteiger partial charge < -0.3 is 25.7 Å². The molecule has 2 amide bonds. The van der Waals surface area contributed by atoms with E-state index in [1.165, 1.54) is 17.2 Å². The number of hydrogen-bond acceptors (Lipinski definition) is 7. The van der Waals surface area contributed by atoms with Gasteiger partial charge in [0, 0.05) is 12.7 Å². The normalized spacial score (nSPS) is 18.4. The molecule has 2 atom stereocenters. The lowest BCUT2D eigenvalue weighted by Gasteiger charge is -2.27. The second-order valence-electron chi connectivity index (χ2n) is 5.43. The standard InChI is InChI=1S/C13H20BN5O4/c1-8(13(21)19-6-2-3-10(19)14(22)23)17-12(20)9-4-5-11(18-15)16-7-9/h4-5,7-8,10,22-23H,2-3,6,15H2,1H3,(H,16,18)(H,17,20)/t8-,10+/m1/s1. The Balaban J connectivity index is 1.98. The van der Waals surface area contributed by atoms with Crippen LogP contribution in [0.15, 0.2) is 18.3 Å². The number of carbonyl (C=O) groups excluding carboxylic acids is 2. The van der Waals surface area contributed by atoms with E-state index in [0.717, 1.165) is 0 Å². The summed E-state index contributed by atoms with van der Waals surface area (Å²) in [4.78, 5) is 29.8. The van der Waals surface area contributed by atoms with E-state index in [2.05, 4.69) is 15.7 Å². The van der Waals surface area contributed by atoms with E-state index in [0.29, 0.717) is 30.8 Å². The van der Waals surface area contributed by atoms with Gasteiger partial charge in [0.2, 0.25) is 5.91 Å². The molecule has 1 aromatic rings. The van der Waals surface area contributed by atoms with Crippen molar-refractivity contribution < 1.29 is 19.6 Å². The minimum atomic E-state index is -1.58. The van der Waals surface area contributed by atoms with Crippen LogP contribution in [-0.2, 0) is 4.79 Å². The zero-order valence-corrected chi connectivity index (χ0v) is 12.8. The highest BCUT2D eigenvalue weighted by Gasteiger charge is 2.38. The van der Waals surface area contributed by atoms with Gasteiger partial charge in [0.05, 0.1) is 11.5 Å². The highest BCUT2D eigenvalue weighted by molar-refractivity contribution is 6.43. The Hall–Kier alpha value is -2.17. The summed E-state index contributed by atoms with van der Waals surface area (Å²) in [5, 5.41) is 21.2. The lowest BCUT2D eigenvalue weighted by Crippen LogP contribution is -2.52. The van der Waals surface area contributed by atoms with E-state index in [1.807, 2.05) is 0 Å². The maximum atomic E-state index is 12.4. The minimum Gasteiger partial charge on any atom is -0.426 e. The SMILES string of the molecule is C[C@@H](NC(=O)c1ccc(NN)nc1)C(=O)N1CCC[C@H]1B(O)O. The molecule has 0 aliphatic carbocycles. The molecule has 0 bridgehead atoms. The van der Waals surface area contributed by atoms with Gasteiger partial charge >= 0.3 is 7.12 Å². The lowest BCUT2D eigenvalue weighted by atomic mass is 9.78. The summed E-state index contributed by atoms with van der Waals surface area (Å²) in [7, 11) is -1.58. The van der Waals surface area contributed by atoms with Crippen molar-refractivity contribution in [2.24, 2.45) is 5.84 Å². The molecule has 6 N–H and O–H groups in total. The van der Waals surface area contributed by atoms with Gasteiger partial charge in [-0.05, 0) is 31.9 Å². The quantitative estimate of drug-likeness (QED) is 0.252. The Morgan fingerprint density at radius 1 is 1.48 bits per heavy atom. The van der Waals surface area contributed by atoms with Gasteiger partial charge in [0.1, 0.15) is 11.9 Å². The van der Waals surface area contributed by atoms with Crippen LogP contribution in [0.4, 0.5) is 5.82 Å². The number of hydrogen-bond donors (Lipinski definition) is 5. The first-order chi connectivity index (χ1) is 10.9. The first-order valence-corrected chi connectivity index (χ1v) is 7.34. The molecule has 1 aliphatic heterocycles. The van der Waals surface area contributed by atoms with Crippen LogP contribution in [0, 0.1) is 0 Å². The Labute approximate surface area is 134 Å². The van der Waals surface area contributed by atoms with Gasteiger partial charge in [-0.2, -0.15) is 0 Å². The van der Waals surface area contributed by atoms with Crippen LogP contribution in [0.25, 0.3) is 0 Å². The van der Waals surface area contributed by atoms with Crippen molar-refractivity contribution in [1.29, 1.82) is 0 Å². The largest absolute Gasteiger partial charge is 0.475 e. The van der Waals surface area contributed by atoms with Crippen LogP contribution in [0.2, 0.25) is 0 Å². The van der Waals surface area contributed by atoms with Crippen molar-refractivity contribution in [2.45, 2.75) is 31.7 Å². The van der Waals surface area contributed by atoms with Crippen molar-refractivity contribution in [3.05, 3.63) is 23.9 Å². The Morgan fingerprint density at radius 2 is 2.22 bits per heavy atom. The maximum Gasteiger partial charge on any atom is 0.475 e. The molecular weight excluding hydrogens is 301 g/mol. The fraction of sp³-hybridized carbons (Fsp3) is 0.462. The molecule has 9 nitrogen and oxygen atoms in total. The second-order valence-corrected chi connectivity index (χ2v) is 5.43. The number of nitrogens with zero attached hydrogens (tertiary/aromatic N) is 2. The molecule has 23 heavy (non-hydrogen) atoms. The van der Waals surface area contributed by atoms with E-state index in [4.69, 9.17) is 5.84 Å². The Morgan fingerprint density at radius 3 is 2.78 bits per heavy atom. The summed E-state index contributed by atoms with van der Waals surface area (Å²) >= 11 is 0. The summed E-state index contributed by atoms with van der Waals surface area (Å²) in [6.45, 7) is 2.00. The van der Waals surface area contributed by atoms with Crippen molar-refractivity contribution in [3.63, 3.8) is 0 Å². The van der Waals surface area contributed by atoms with Gasteiger partial charge in [-0.3, -0.25) is 9.59 Å². The molecule has 10 heteroatoms. The number of nitrogen functional groups attached to an aromatic ring is 1. The lowest BCUT2D eigenvalue weighted by molar-refractivity contribution is -0.132. The molecule has 0 aromatic carbocycles. The number of pyridine rings is 1. The number of amides is 2. The average molecular weight is 321 g/mol. The fourth-order valence-electron chi connectivity index (χ4n) is 2.58. The van der Waals surface area contributed by atoms with Crippen molar-refractivity contribution in [2.75, 3.05) is 12.0 Å². The van der Waals surface area contributed by atoms with Gasteiger partial charge in [-0.25, -0.2) is 10.8 Å². The molecule has 0 unspecified atom stereocenters. The molecule has 1 aliphatic rings. The van der Waals surface area contributed by atoms with E-state index in [-0.39, 0.29) is 5.91 Å². The molecule has 2 rings (SSSR count). The summed E-state index contributed by atoms with van der Waals surface area (Å²) in [5.74, 6) is 4.20.